The van der Waals surface area contributed by atoms with Crippen LogP contribution in [0, 0.1) is 5.41 Å². The Morgan fingerprint density at radius 1 is 1.14 bits per heavy atom. The van der Waals surface area contributed by atoms with Crippen molar-refractivity contribution in [2.24, 2.45) is 5.41 Å². The number of benzene rings is 1. The second-order valence-electron chi connectivity index (χ2n) is 9.87. The summed E-state index contributed by atoms with van der Waals surface area (Å²) in [6, 6.07) is 8.87. The quantitative estimate of drug-likeness (QED) is 0.631. The maximum Gasteiger partial charge on any atom is 0.272 e. The van der Waals surface area contributed by atoms with Crippen molar-refractivity contribution in [3.05, 3.63) is 52.7 Å². The normalized spacial score (nSPS) is 17.1. The number of carbonyl (C=O) groups is 2. The molecule has 2 amide bonds. The lowest BCUT2D eigenvalue weighted by Gasteiger charge is -2.29. The van der Waals surface area contributed by atoms with Gasteiger partial charge in [-0.2, -0.15) is 0 Å². The largest absolute Gasteiger partial charge is 0.357 e. The number of imidazole rings is 1. The van der Waals surface area contributed by atoms with E-state index in [1.807, 2.05) is 55.7 Å². The first-order valence-electron chi connectivity index (χ1n) is 12.1. The molecule has 0 spiro atoms. The number of rotatable bonds is 6. The molecular weight excluding hydrogens is 464 g/mol. The Labute approximate surface area is 208 Å². The molecule has 0 fully saturated rings. The van der Waals surface area contributed by atoms with Crippen LogP contribution in [0.2, 0.25) is 0 Å². The van der Waals surface area contributed by atoms with E-state index in [0.717, 1.165) is 18.4 Å². The number of amides is 2. The van der Waals surface area contributed by atoms with Gasteiger partial charge in [-0.15, -0.1) is 0 Å². The van der Waals surface area contributed by atoms with Gasteiger partial charge in [0.05, 0.1) is 11.4 Å². The third-order valence-corrected chi connectivity index (χ3v) is 8.26. The maximum absolute atomic E-state index is 13.6. The first-order valence-corrected chi connectivity index (χ1v) is 13.7. The van der Waals surface area contributed by atoms with Gasteiger partial charge in [0, 0.05) is 30.5 Å². The molecule has 2 N–H and O–H groups in total. The van der Waals surface area contributed by atoms with Crippen molar-refractivity contribution in [3.8, 4) is 11.4 Å². The fourth-order valence-corrected chi connectivity index (χ4v) is 5.46. The highest BCUT2D eigenvalue weighted by Crippen LogP contribution is 2.28. The molecule has 3 rings (SSSR count). The molecule has 1 aromatic heterocycles. The summed E-state index contributed by atoms with van der Waals surface area (Å²) in [6.45, 7) is 7.91. The van der Waals surface area contributed by atoms with Crippen molar-refractivity contribution in [2.75, 3.05) is 12.8 Å². The second-order valence-corrected chi connectivity index (χ2v) is 12.2. The molecule has 8 nitrogen and oxygen atoms in total. The molecule has 2 heterocycles. The van der Waals surface area contributed by atoms with Crippen molar-refractivity contribution >= 4 is 21.7 Å². The van der Waals surface area contributed by atoms with Crippen LogP contribution in [-0.4, -0.2) is 48.6 Å². The summed E-state index contributed by atoms with van der Waals surface area (Å²) >= 11 is 0. The van der Waals surface area contributed by atoms with E-state index in [9.17, 15) is 18.0 Å². The van der Waals surface area contributed by atoms with Gasteiger partial charge in [0.25, 0.3) is 5.91 Å². The Morgan fingerprint density at radius 2 is 1.83 bits per heavy atom. The van der Waals surface area contributed by atoms with Crippen LogP contribution < -0.4 is 10.6 Å². The fourth-order valence-electron chi connectivity index (χ4n) is 4.29. The van der Waals surface area contributed by atoms with E-state index in [0.29, 0.717) is 29.4 Å². The van der Waals surface area contributed by atoms with Crippen LogP contribution >= 0.6 is 0 Å². The molecule has 1 aliphatic rings. The van der Waals surface area contributed by atoms with Crippen LogP contribution in [0.15, 0.2) is 41.3 Å². The predicted octanol–water partition coefficient (Wildman–Crippen LogP) is 3.49. The van der Waals surface area contributed by atoms with E-state index >= 15 is 0 Å². The molecule has 35 heavy (non-hydrogen) atoms. The molecule has 190 valence electrons. The minimum absolute atomic E-state index is 0.0418. The zero-order chi connectivity index (χ0) is 25.8. The summed E-state index contributed by atoms with van der Waals surface area (Å²) in [6.07, 6.45) is 3.95. The first kappa shape index (κ1) is 26.7. The summed E-state index contributed by atoms with van der Waals surface area (Å²) in [5, 5.41) is 5.50. The molecule has 0 unspecified atom stereocenters. The van der Waals surface area contributed by atoms with Crippen LogP contribution in [0.3, 0.4) is 0 Å². The highest BCUT2D eigenvalue weighted by atomic mass is 32.2. The molecule has 0 bridgehead atoms. The molecule has 0 aliphatic carbocycles. The average Bonchev–Trinajstić information content (AvgIpc) is 3.23. The third-order valence-electron chi connectivity index (χ3n) is 6.33. The monoisotopic (exact) mass is 500 g/mol. The number of allylic oxidation sites excluding steroid dienone is 2. The topological polar surface area (TPSA) is 110 Å². The van der Waals surface area contributed by atoms with Gasteiger partial charge in [0.1, 0.15) is 17.6 Å². The molecule has 0 saturated carbocycles. The Bertz CT molecular complexity index is 1210. The Balaban J connectivity index is 2.13. The van der Waals surface area contributed by atoms with Crippen molar-refractivity contribution < 1.29 is 18.0 Å². The Hall–Kier alpha value is -2.94. The lowest BCUT2D eigenvalue weighted by molar-refractivity contribution is -0.124. The van der Waals surface area contributed by atoms with Crippen LogP contribution in [0.1, 0.15) is 63.1 Å². The molecule has 0 saturated heterocycles. The number of fused-ring (bicyclic) bond motifs is 1. The van der Waals surface area contributed by atoms with Crippen molar-refractivity contribution in [3.63, 3.8) is 0 Å². The van der Waals surface area contributed by atoms with Crippen molar-refractivity contribution in [1.82, 2.24) is 20.2 Å². The summed E-state index contributed by atoms with van der Waals surface area (Å²) in [4.78, 5) is 31.3. The summed E-state index contributed by atoms with van der Waals surface area (Å²) < 4.78 is 27.3. The lowest BCUT2D eigenvalue weighted by atomic mass is 9.86. The number of carbonyl (C=O) groups excluding carboxylic acids is 2. The maximum atomic E-state index is 13.6. The van der Waals surface area contributed by atoms with Crippen LogP contribution in [-0.2, 0) is 27.6 Å². The molecule has 9 heteroatoms. The van der Waals surface area contributed by atoms with Gasteiger partial charge in [-0.1, -0.05) is 64.1 Å². The minimum Gasteiger partial charge on any atom is -0.357 e. The van der Waals surface area contributed by atoms with Gasteiger partial charge in [-0.05, 0) is 24.7 Å². The Morgan fingerprint density at radius 3 is 2.43 bits per heavy atom. The predicted molar refractivity (Wildman–Crippen MR) is 138 cm³/mol. The number of aromatic nitrogens is 2. The van der Waals surface area contributed by atoms with E-state index < -0.39 is 27.2 Å². The van der Waals surface area contributed by atoms with Gasteiger partial charge in [-0.25, -0.2) is 13.4 Å². The van der Waals surface area contributed by atoms with E-state index in [1.54, 1.807) is 13.0 Å². The summed E-state index contributed by atoms with van der Waals surface area (Å²) in [5.74, 6) is -0.0374. The number of hydrogen-bond acceptors (Lipinski definition) is 5. The standard InChI is InChI=1S/C26H36N4O4S/c1-6-35(33,34)19-14-10-11-17-30-20(16-15-19)21(28-23(30)18-12-8-7-9-13-18)24(31)29-22(25(32)27-5)26(2,3)4/h7-9,12-13,15,22H,6,10-11,14,16-17H2,1-5H3,(H,27,32)(H,29,31)/b19-15-/t22-/m1/s1. The zero-order valence-electron chi connectivity index (χ0n) is 21.2. The zero-order valence-corrected chi connectivity index (χ0v) is 22.0. The smallest absolute Gasteiger partial charge is 0.272 e. The highest BCUT2D eigenvalue weighted by molar-refractivity contribution is 7.95. The van der Waals surface area contributed by atoms with Gasteiger partial charge < -0.3 is 15.2 Å². The van der Waals surface area contributed by atoms with E-state index in [4.69, 9.17) is 4.98 Å². The van der Waals surface area contributed by atoms with Crippen molar-refractivity contribution in [1.29, 1.82) is 0 Å². The van der Waals surface area contributed by atoms with E-state index in [-0.39, 0.29) is 23.8 Å². The van der Waals surface area contributed by atoms with Gasteiger partial charge in [-0.3, -0.25) is 9.59 Å². The molecule has 2 aromatic rings. The number of likely N-dealkylation sites (N-methyl/N-ethyl adjacent to an activating group) is 1. The van der Waals surface area contributed by atoms with E-state index in [2.05, 4.69) is 10.6 Å². The van der Waals surface area contributed by atoms with Crippen LogP contribution in [0.25, 0.3) is 11.4 Å². The van der Waals surface area contributed by atoms with Gasteiger partial charge in [0.2, 0.25) is 5.91 Å². The number of hydrogen-bond donors (Lipinski definition) is 2. The lowest BCUT2D eigenvalue weighted by Crippen LogP contribution is -2.53. The number of sulfone groups is 1. The van der Waals surface area contributed by atoms with Crippen LogP contribution in [0.5, 0.6) is 0 Å². The third kappa shape index (κ3) is 6.01. The number of nitrogens with zero attached hydrogens (tertiary/aromatic N) is 2. The number of nitrogens with one attached hydrogen (secondary N) is 2. The van der Waals surface area contributed by atoms with Crippen molar-refractivity contribution in [2.45, 2.75) is 66.0 Å². The van der Waals surface area contributed by atoms with Gasteiger partial charge in [0.15, 0.2) is 9.84 Å². The average molecular weight is 501 g/mol. The second kappa shape index (κ2) is 10.8. The molecule has 1 aliphatic heterocycles. The van der Waals surface area contributed by atoms with E-state index in [1.165, 1.54) is 7.05 Å². The molecular formula is C26H36N4O4S. The first-order chi connectivity index (χ1) is 16.5. The SMILES string of the molecule is CCS(=O)(=O)/C1=C\Cc2c(C(=O)N[C@H](C(=O)NC)C(C)(C)C)nc(-c3ccccc3)n2CCCC1. The van der Waals surface area contributed by atoms with Crippen LogP contribution in [0.4, 0.5) is 0 Å². The summed E-state index contributed by atoms with van der Waals surface area (Å²) in [7, 11) is -1.79. The molecule has 1 atom stereocenters. The molecule has 0 radical (unpaired) electrons. The molecule has 1 aromatic carbocycles. The fraction of sp³-hybridized carbons (Fsp3) is 0.500. The highest BCUT2D eigenvalue weighted by Gasteiger charge is 2.34. The summed E-state index contributed by atoms with van der Waals surface area (Å²) in [5.41, 5.74) is 1.22. The van der Waals surface area contributed by atoms with Gasteiger partial charge >= 0.3 is 0 Å². The minimum atomic E-state index is -3.33. The Kier molecular flexibility index (Phi) is 8.20.